The number of piperidine rings is 1. The molecule has 0 unspecified atom stereocenters. The van der Waals surface area contributed by atoms with Crippen molar-refractivity contribution in [1.82, 2.24) is 34.1 Å². The molecular formula is C18H17N7O. The minimum atomic E-state index is -0.0465. The van der Waals surface area contributed by atoms with Gasteiger partial charge in [0, 0.05) is 31.2 Å². The molecule has 26 heavy (non-hydrogen) atoms. The van der Waals surface area contributed by atoms with E-state index >= 15 is 0 Å². The van der Waals surface area contributed by atoms with E-state index in [1.54, 1.807) is 39.9 Å². The van der Waals surface area contributed by atoms with Gasteiger partial charge in [-0.05, 0) is 31.4 Å². The second-order valence-corrected chi connectivity index (χ2v) is 6.44. The van der Waals surface area contributed by atoms with Gasteiger partial charge >= 0.3 is 0 Å². The van der Waals surface area contributed by atoms with Crippen LogP contribution in [0, 0.1) is 0 Å². The zero-order chi connectivity index (χ0) is 17.5. The highest BCUT2D eigenvalue weighted by Gasteiger charge is 2.31. The summed E-state index contributed by atoms with van der Waals surface area (Å²) in [6.45, 7) is 0.708. The molecule has 4 aromatic rings. The number of carbonyl (C=O) groups is 1. The maximum atomic E-state index is 13.3. The molecule has 0 bridgehead atoms. The normalized spacial score (nSPS) is 17.8. The molecule has 0 N–H and O–H groups in total. The number of aromatic nitrogens is 6. The predicted molar refractivity (Wildman–Crippen MR) is 93.6 cm³/mol. The molecule has 0 aliphatic carbocycles. The molecule has 1 aliphatic heterocycles. The third-order valence-corrected chi connectivity index (χ3v) is 4.89. The largest absolute Gasteiger partial charge is 0.330 e. The number of hydrogen-bond donors (Lipinski definition) is 0. The summed E-state index contributed by atoms with van der Waals surface area (Å²) in [4.78, 5) is 24.2. The molecule has 5 heterocycles. The van der Waals surface area contributed by atoms with Gasteiger partial charge in [-0.1, -0.05) is 0 Å². The average molecular weight is 347 g/mol. The van der Waals surface area contributed by atoms with Crippen molar-refractivity contribution in [2.24, 2.45) is 0 Å². The van der Waals surface area contributed by atoms with Crippen molar-refractivity contribution in [2.75, 3.05) is 6.54 Å². The van der Waals surface area contributed by atoms with Gasteiger partial charge in [-0.15, -0.1) is 0 Å². The van der Waals surface area contributed by atoms with Gasteiger partial charge in [0.05, 0.1) is 24.1 Å². The first kappa shape index (κ1) is 15.0. The number of fused-ring (bicyclic) bond motifs is 2. The van der Waals surface area contributed by atoms with Gasteiger partial charge in [0.15, 0.2) is 11.3 Å². The van der Waals surface area contributed by atoms with Crippen LogP contribution in [0.15, 0.2) is 49.2 Å². The number of amides is 1. The molecule has 1 atom stereocenters. The Hall–Kier alpha value is -3.29. The lowest BCUT2D eigenvalue weighted by atomic mass is 9.98. The highest BCUT2D eigenvalue weighted by molar-refractivity contribution is 5.99. The van der Waals surface area contributed by atoms with Crippen LogP contribution in [0.3, 0.4) is 0 Å². The molecule has 0 aromatic carbocycles. The fraction of sp³-hybridized carbons (Fsp3) is 0.278. The summed E-state index contributed by atoms with van der Waals surface area (Å²) in [6, 6.07) is 5.57. The number of nitrogens with zero attached hydrogens (tertiary/aromatic N) is 7. The minimum absolute atomic E-state index is 0.0430. The van der Waals surface area contributed by atoms with Crippen LogP contribution in [0.4, 0.5) is 0 Å². The second-order valence-electron chi connectivity index (χ2n) is 6.44. The third kappa shape index (κ3) is 2.33. The van der Waals surface area contributed by atoms with Gasteiger partial charge in [-0.3, -0.25) is 4.79 Å². The first-order valence-electron chi connectivity index (χ1n) is 8.71. The van der Waals surface area contributed by atoms with E-state index in [-0.39, 0.29) is 11.9 Å². The highest BCUT2D eigenvalue weighted by atomic mass is 16.2. The summed E-state index contributed by atoms with van der Waals surface area (Å²) in [5.41, 5.74) is 2.80. The molecule has 8 heteroatoms. The van der Waals surface area contributed by atoms with E-state index in [0.717, 1.165) is 30.6 Å². The number of rotatable bonds is 2. The van der Waals surface area contributed by atoms with E-state index in [1.807, 2.05) is 23.2 Å². The Morgan fingerprint density at radius 1 is 1.08 bits per heavy atom. The first-order chi connectivity index (χ1) is 12.8. The van der Waals surface area contributed by atoms with Crippen LogP contribution in [0.5, 0.6) is 0 Å². The summed E-state index contributed by atoms with van der Waals surface area (Å²) < 4.78 is 3.36. The number of carbonyl (C=O) groups excluding carboxylic acids is 1. The van der Waals surface area contributed by atoms with Crippen LogP contribution in [0.1, 0.15) is 41.4 Å². The minimum Gasteiger partial charge on any atom is -0.330 e. The number of hydrogen-bond acceptors (Lipinski definition) is 5. The summed E-state index contributed by atoms with van der Waals surface area (Å²) in [5, 5.41) is 8.43. The standard InChI is InChI=1S/C18H17N7O/c26-18(13-12-21-25-10-3-7-19-17(13)25)23-9-2-1-4-15(23)14-6-11-24-16(22-14)5-8-20-24/h3,5-8,10-12,15H,1-2,4,9H2/t15-/m1/s1. The second kappa shape index (κ2) is 5.91. The highest BCUT2D eigenvalue weighted by Crippen LogP contribution is 2.31. The van der Waals surface area contributed by atoms with Crippen LogP contribution in [0.2, 0.25) is 0 Å². The lowest BCUT2D eigenvalue weighted by Gasteiger charge is -2.35. The summed E-state index contributed by atoms with van der Waals surface area (Å²) in [6.07, 6.45) is 11.7. The first-order valence-corrected chi connectivity index (χ1v) is 8.71. The van der Waals surface area contributed by atoms with E-state index < -0.39 is 0 Å². The van der Waals surface area contributed by atoms with Crippen LogP contribution in [-0.4, -0.2) is 46.5 Å². The molecule has 0 saturated carbocycles. The van der Waals surface area contributed by atoms with Gasteiger partial charge in [0.25, 0.3) is 5.91 Å². The Labute approximate surface area is 149 Å². The van der Waals surface area contributed by atoms with Crippen molar-refractivity contribution in [1.29, 1.82) is 0 Å². The molecule has 8 nitrogen and oxygen atoms in total. The van der Waals surface area contributed by atoms with Gasteiger partial charge in [0.1, 0.15) is 5.56 Å². The van der Waals surface area contributed by atoms with Crippen LogP contribution in [0.25, 0.3) is 11.3 Å². The van der Waals surface area contributed by atoms with E-state index in [4.69, 9.17) is 4.98 Å². The van der Waals surface area contributed by atoms with E-state index in [2.05, 4.69) is 15.2 Å². The van der Waals surface area contributed by atoms with Crippen molar-refractivity contribution in [3.05, 3.63) is 60.4 Å². The SMILES string of the molecule is O=C(c1cnn2cccnc12)N1CCCC[C@@H]1c1ccn2nccc2n1. The van der Waals surface area contributed by atoms with Gasteiger partial charge in [-0.2, -0.15) is 10.2 Å². The van der Waals surface area contributed by atoms with Crippen molar-refractivity contribution in [2.45, 2.75) is 25.3 Å². The zero-order valence-corrected chi connectivity index (χ0v) is 14.1. The maximum Gasteiger partial charge on any atom is 0.259 e. The Morgan fingerprint density at radius 3 is 3.00 bits per heavy atom. The summed E-state index contributed by atoms with van der Waals surface area (Å²) >= 11 is 0. The fourth-order valence-corrected chi connectivity index (χ4v) is 3.63. The van der Waals surface area contributed by atoms with Crippen molar-refractivity contribution in [3.8, 4) is 0 Å². The zero-order valence-electron chi connectivity index (χ0n) is 14.1. The van der Waals surface area contributed by atoms with Gasteiger partial charge in [0.2, 0.25) is 0 Å². The molecule has 130 valence electrons. The Bertz CT molecular complexity index is 1100. The van der Waals surface area contributed by atoms with Crippen LogP contribution < -0.4 is 0 Å². The van der Waals surface area contributed by atoms with Crippen LogP contribution >= 0.6 is 0 Å². The van der Waals surface area contributed by atoms with E-state index in [0.29, 0.717) is 17.8 Å². The summed E-state index contributed by atoms with van der Waals surface area (Å²) in [5.74, 6) is -0.0430. The van der Waals surface area contributed by atoms with Gasteiger partial charge < -0.3 is 4.90 Å². The van der Waals surface area contributed by atoms with Crippen molar-refractivity contribution in [3.63, 3.8) is 0 Å². The van der Waals surface area contributed by atoms with Crippen LogP contribution in [-0.2, 0) is 0 Å². The molecule has 5 rings (SSSR count). The molecule has 1 fully saturated rings. The number of likely N-dealkylation sites (tertiary alicyclic amines) is 1. The lowest BCUT2D eigenvalue weighted by molar-refractivity contribution is 0.0608. The predicted octanol–water partition coefficient (Wildman–Crippen LogP) is 2.14. The Balaban J connectivity index is 1.54. The van der Waals surface area contributed by atoms with Crippen molar-refractivity contribution < 1.29 is 4.79 Å². The molecular weight excluding hydrogens is 330 g/mol. The van der Waals surface area contributed by atoms with E-state index in [1.165, 1.54) is 0 Å². The van der Waals surface area contributed by atoms with E-state index in [9.17, 15) is 4.79 Å². The lowest BCUT2D eigenvalue weighted by Crippen LogP contribution is -2.39. The quantitative estimate of drug-likeness (QED) is 0.555. The summed E-state index contributed by atoms with van der Waals surface area (Å²) in [7, 11) is 0. The van der Waals surface area contributed by atoms with Gasteiger partial charge in [-0.25, -0.2) is 19.0 Å². The molecule has 1 saturated heterocycles. The monoisotopic (exact) mass is 347 g/mol. The molecule has 1 aliphatic rings. The molecule has 4 aromatic heterocycles. The Morgan fingerprint density at radius 2 is 2.04 bits per heavy atom. The molecule has 0 radical (unpaired) electrons. The topological polar surface area (TPSA) is 80.7 Å². The third-order valence-electron chi connectivity index (χ3n) is 4.89. The fourth-order valence-electron chi connectivity index (χ4n) is 3.63. The Kier molecular flexibility index (Phi) is 3.41. The molecule has 1 amide bonds. The van der Waals surface area contributed by atoms with Crippen molar-refractivity contribution >= 4 is 17.2 Å². The smallest absolute Gasteiger partial charge is 0.259 e. The molecule has 0 spiro atoms. The average Bonchev–Trinajstić information content (AvgIpc) is 3.33. The maximum absolute atomic E-state index is 13.3.